The molecule has 0 aliphatic rings. The van der Waals surface area contributed by atoms with Crippen LogP contribution in [0.25, 0.3) is 21.9 Å². The first kappa shape index (κ1) is 30.4. The summed E-state index contributed by atoms with van der Waals surface area (Å²) in [6.45, 7) is 4.60. The lowest BCUT2D eigenvalue weighted by Crippen LogP contribution is -2.38. The number of fused-ring (bicyclic) bond motifs is 2. The molecule has 6 rings (SSSR count). The maximum Gasteiger partial charge on any atom is 0.264 e. The highest BCUT2D eigenvalue weighted by Gasteiger charge is 2.25. The first-order valence-corrected chi connectivity index (χ1v) is 14.8. The largest absolute Gasteiger partial charge is 0.493 e. The van der Waals surface area contributed by atoms with Crippen molar-refractivity contribution in [3.63, 3.8) is 0 Å². The lowest BCUT2D eigenvalue weighted by Gasteiger charge is -2.28. The third-order valence-corrected chi connectivity index (χ3v) is 8.16. The average Bonchev–Trinajstić information content (AvgIpc) is 3.70. The van der Waals surface area contributed by atoms with E-state index in [9.17, 15) is 14.0 Å². The molecule has 2 N–H and O–H groups in total. The van der Waals surface area contributed by atoms with Crippen molar-refractivity contribution in [1.82, 2.24) is 19.9 Å². The van der Waals surface area contributed by atoms with E-state index in [0.717, 1.165) is 21.9 Å². The quantitative estimate of drug-likeness (QED) is 0.177. The van der Waals surface area contributed by atoms with Crippen molar-refractivity contribution in [2.24, 2.45) is 0 Å². The molecular formula is C36H34FN5O4. The molecule has 3 aromatic heterocycles. The second kappa shape index (κ2) is 12.4. The van der Waals surface area contributed by atoms with Gasteiger partial charge in [0, 0.05) is 58.6 Å². The Kier molecular flexibility index (Phi) is 8.19. The van der Waals surface area contributed by atoms with Gasteiger partial charge in [-0.15, -0.1) is 0 Å². The van der Waals surface area contributed by atoms with Crippen molar-refractivity contribution in [3.8, 4) is 11.5 Å². The van der Waals surface area contributed by atoms with Gasteiger partial charge in [-0.1, -0.05) is 26.0 Å². The van der Waals surface area contributed by atoms with E-state index in [-0.39, 0.29) is 24.2 Å². The maximum absolute atomic E-state index is 14.1. The van der Waals surface area contributed by atoms with Gasteiger partial charge in [0.2, 0.25) is 5.91 Å². The molecule has 3 aromatic carbocycles. The van der Waals surface area contributed by atoms with Gasteiger partial charge >= 0.3 is 0 Å². The number of aromatic amines is 1. The van der Waals surface area contributed by atoms with Gasteiger partial charge in [0.1, 0.15) is 18.0 Å². The van der Waals surface area contributed by atoms with E-state index in [4.69, 9.17) is 9.47 Å². The zero-order chi connectivity index (χ0) is 32.4. The van der Waals surface area contributed by atoms with Crippen LogP contribution in [0.3, 0.4) is 0 Å². The van der Waals surface area contributed by atoms with Crippen molar-refractivity contribution in [2.75, 3.05) is 25.7 Å². The number of anilines is 2. The molecule has 0 saturated heterocycles. The van der Waals surface area contributed by atoms with Crippen LogP contribution in [0.4, 0.5) is 15.8 Å². The third kappa shape index (κ3) is 6.01. The summed E-state index contributed by atoms with van der Waals surface area (Å²) in [7, 11) is 3.11. The fourth-order valence-corrected chi connectivity index (χ4v) is 5.54. The predicted molar refractivity (Wildman–Crippen MR) is 176 cm³/mol. The van der Waals surface area contributed by atoms with Gasteiger partial charge in [0.05, 0.1) is 25.5 Å². The monoisotopic (exact) mass is 619 g/mol. The molecule has 0 fully saturated rings. The molecule has 0 unspecified atom stereocenters. The third-order valence-electron chi connectivity index (χ3n) is 8.16. The van der Waals surface area contributed by atoms with E-state index >= 15 is 0 Å². The van der Waals surface area contributed by atoms with Crippen molar-refractivity contribution in [2.45, 2.75) is 25.8 Å². The number of hydrogen-bond acceptors (Lipinski definition) is 5. The van der Waals surface area contributed by atoms with E-state index < -0.39 is 5.41 Å². The fourth-order valence-electron chi connectivity index (χ4n) is 5.54. The molecule has 0 saturated carbocycles. The molecule has 0 atom stereocenters. The second-order valence-corrected chi connectivity index (χ2v) is 11.7. The van der Waals surface area contributed by atoms with Crippen LogP contribution >= 0.6 is 0 Å². The summed E-state index contributed by atoms with van der Waals surface area (Å²) in [4.78, 5) is 36.1. The van der Waals surface area contributed by atoms with Crippen molar-refractivity contribution in [3.05, 3.63) is 114 Å². The molecular weight excluding hydrogens is 585 g/mol. The molecule has 46 heavy (non-hydrogen) atoms. The zero-order valence-corrected chi connectivity index (χ0v) is 26.0. The number of aromatic nitrogens is 3. The number of benzene rings is 3. The molecule has 234 valence electrons. The number of rotatable bonds is 10. The molecule has 0 aliphatic carbocycles. The highest BCUT2D eigenvalue weighted by Crippen LogP contribution is 2.36. The van der Waals surface area contributed by atoms with Gasteiger partial charge in [0.15, 0.2) is 11.5 Å². The van der Waals surface area contributed by atoms with E-state index in [2.05, 4.69) is 15.3 Å². The number of hydrogen-bond donors (Lipinski definition) is 2. The normalized spacial score (nSPS) is 11.5. The van der Waals surface area contributed by atoms with Crippen LogP contribution < -0.4 is 19.7 Å². The van der Waals surface area contributed by atoms with E-state index in [0.29, 0.717) is 40.6 Å². The lowest BCUT2D eigenvalue weighted by molar-refractivity contribution is -0.121. The molecule has 0 bridgehead atoms. The standard InChI is InChI=1S/C36H34FN5O4/c1-36(2,22-40-33(43)21-41-16-14-23-18-27(37)7-11-30(23)41)26-5-8-28(9-6-26)42(29-10-12-31(45-3)32(19-29)46-4)35(44)25-17-24-13-15-38-34(24)39-20-25/h5-20H,21-22H2,1-4H3,(H,38,39)(H,40,43). The van der Waals surface area contributed by atoms with Gasteiger partial charge in [-0.3, -0.25) is 14.5 Å². The number of nitrogens with zero attached hydrogens (tertiary/aromatic N) is 3. The Morgan fingerprint density at radius 1 is 0.913 bits per heavy atom. The van der Waals surface area contributed by atoms with Crippen LogP contribution in [-0.4, -0.2) is 47.1 Å². The Balaban J connectivity index is 1.23. The van der Waals surface area contributed by atoms with Crippen LogP contribution in [-0.2, 0) is 16.8 Å². The van der Waals surface area contributed by atoms with Gasteiger partial charge in [-0.25, -0.2) is 9.37 Å². The SMILES string of the molecule is COc1ccc(N(C(=O)c2cnc3[nH]ccc3c2)c2ccc(C(C)(C)CNC(=O)Cn3ccc4cc(F)ccc43)cc2)cc1OC. The average molecular weight is 620 g/mol. The summed E-state index contributed by atoms with van der Waals surface area (Å²) in [6.07, 6.45) is 5.13. The molecule has 0 radical (unpaired) electrons. The molecule has 0 aliphatic heterocycles. The number of pyridine rings is 1. The number of ether oxygens (including phenoxy) is 2. The van der Waals surface area contributed by atoms with Gasteiger partial charge < -0.3 is 24.3 Å². The van der Waals surface area contributed by atoms with Crippen molar-refractivity contribution >= 4 is 45.1 Å². The number of amides is 2. The first-order chi connectivity index (χ1) is 22.2. The highest BCUT2D eigenvalue weighted by molar-refractivity contribution is 6.12. The van der Waals surface area contributed by atoms with E-state index in [1.807, 2.05) is 50.2 Å². The van der Waals surface area contributed by atoms with Crippen LogP contribution in [0.5, 0.6) is 11.5 Å². The summed E-state index contributed by atoms with van der Waals surface area (Å²) in [5.41, 5.74) is 3.72. The summed E-state index contributed by atoms with van der Waals surface area (Å²) in [5, 5.41) is 4.62. The van der Waals surface area contributed by atoms with Gasteiger partial charge in [-0.2, -0.15) is 0 Å². The Bertz CT molecular complexity index is 2050. The Morgan fingerprint density at radius 2 is 1.67 bits per heavy atom. The topological polar surface area (TPSA) is 101 Å². The number of H-pyrrole nitrogens is 1. The fraction of sp³-hybridized carbons (Fsp3) is 0.194. The molecule has 2 amide bonds. The minimum absolute atomic E-state index is 0.121. The predicted octanol–water partition coefficient (Wildman–Crippen LogP) is 6.75. The number of methoxy groups -OCH3 is 2. The Labute approximate surface area is 265 Å². The van der Waals surface area contributed by atoms with Gasteiger partial charge in [0.25, 0.3) is 5.91 Å². The molecule has 3 heterocycles. The smallest absolute Gasteiger partial charge is 0.264 e. The van der Waals surface area contributed by atoms with Crippen molar-refractivity contribution < 1.29 is 23.5 Å². The minimum atomic E-state index is -0.419. The minimum Gasteiger partial charge on any atom is -0.493 e. The van der Waals surface area contributed by atoms with E-state index in [1.165, 1.54) is 12.1 Å². The van der Waals surface area contributed by atoms with Crippen LogP contribution in [0.2, 0.25) is 0 Å². The van der Waals surface area contributed by atoms with Crippen LogP contribution in [0.1, 0.15) is 29.8 Å². The molecule has 9 nitrogen and oxygen atoms in total. The number of halogens is 1. The summed E-state index contributed by atoms with van der Waals surface area (Å²) in [6, 6.07) is 23.0. The Morgan fingerprint density at radius 3 is 2.43 bits per heavy atom. The summed E-state index contributed by atoms with van der Waals surface area (Å²) in [5.74, 6) is 0.318. The first-order valence-electron chi connectivity index (χ1n) is 14.8. The van der Waals surface area contributed by atoms with Gasteiger partial charge in [-0.05, 0) is 66.2 Å². The summed E-state index contributed by atoms with van der Waals surface area (Å²) < 4.78 is 26.3. The number of carbonyl (C=O) groups is 2. The Hall–Kier alpha value is -5.64. The number of carbonyl (C=O) groups excluding carboxylic acids is 2. The maximum atomic E-state index is 14.1. The van der Waals surface area contributed by atoms with Crippen LogP contribution in [0, 0.1) is 5.82 Å². The number of nitrogens with one attached hydrogen (secondary N) is 2. The van der Waals surface area contributed by atoms with E-state index in [1.54, 1.807) is 72.6 Å². The molecule has 6 aromatic rings. The lowest BCUT2D eigenvalue weighted by atomic mass is 9.84. The zero-order valence-electron chi connectivity index (χ0n) is 26.0. The van der Waals surface area contributed by atoms with Crippen LogP contribution in [0.15, 0.2) is 97.5 Å². The van der Waals surface area contributed by atoms with Crippen molar-refractivity contribution in [1.29, 1.82) is 0 Å². The summed E-state index contributed by atoms with van der Waals surface area (Å²) >= 11 is 0. The highest BCUT2D eigenvalue weighted by atomic mass is 19.1. The molecule has 0 spiro atoms. The second-order valence-electron chi connectivity index (χ2n) is 11.7. The molecule has 10 heteroatoms.